The highest BCUT2D eigenvalue weighted by molar-refractivity contribution is 7.09. The van der Waals surface area contributed by atoms with Crippen molar-refractivity contribution < 1.29 is 14.7 Å². The van der Waals surface area contributed by atoms with Gasteiger partial charge in [-0.3, -0.25) is 9.59 Å². The summed E-state index contributed by atoms with van der Waals surface area (Å²) in [5.74, 6) is -1.18. The number of aliphatic carboxylic acids is 1. The Morgan fingerprint density at radius 2 is 2.12 bits per heavy atom. The van der Waals surface area contributed by atoms with Crippen molar-refractivity contribution in [2.24, 2.45) is 0 Å². The van der Waals surface area contributed by atoms with Crippen LogP contribution in [0.3, 0.4) is 0 Å². The van der Waals surface area contributed by atoms with Gasteiger partial charge < -0.3 is 10.4 Å². The molecule has 1 amide bonds. The van der Waals surface area contributed by atoms with Crippen LogP contribution < -0.4 is 5.32 Å². The summed E-state index contributed by atoms with van der Waals surface area (Å²) in [5, 5.41) is 12.8. The zero-order valence-electron chi connectivity index (χ0n) is 9.65. The Hall–Kier alpha value is -1.36. The molecule has 0 aliphatic carbocycles. The molecule has 17 heavy (non-hydrogen) atoms. The van der Waals surface area contributed by atoms with E-state index in [0.717, 1.165) is 25.7 Å². The molecule has 0 aliphatic rings. The molecule has 0 bridgehead atoms. The predicted molar refractivity (Wildman–Crippen MR) is 67.1 cm³/mol. The van der Waals surface area contributed by atoms with E-state index in [1.54, 1.807) is 11.3 Å². The van der Waals surface area contributed by atoms with Gasteiger partial charge in [0.15, 0.2) is 0 Å². The fraction of sp³-hybridized carbons (Fsp3) is 0.500. The summed E-state index contributed by atoms with van der Waals surface area (Å²) in [6.45, 7) is -0.284. The van der Waals surface area contributed by atoms with Crippen molar-refractivity contribution in [3.8, 4) is 0 Å². The second-order valence-corrected chi connectivity index (χ2v) is 4.84. The topological polar surface area (TPSA) is 66.4 Å². The second kappa shape index (κ2) is 7.84. The second-order valence-electron chi connectivity index (χ2n) is 3.81. The SMILES string of the molecule is O=C(O)CNC(=O)CCCCCc1cccs1. The Labute approximate surface area is 105 Å². The molecule has 0 unspecified atom stereocenters. The molecule has 0 spiro atoms. The minimum Gasteiger partial charge on any atom is -0.480 e. The Morgan fingerprint density at radius 3 is 2.76 bits per heavy atom. The maximum atomic E-state index is 11.2. The number of carboxylic acid groups (broad SMARTS) is 1. The number of unbranched alkanes of at least 4 members (excludes halogenated alkanes) is 2. The van der Waals surface area contributed by atoms with Crippen LogP contribution in [0.4, 0.5) is 0 Å². The molecule has 2 N–H and O–H groups in total. The Balaban J connectivity index is 1.96. The molecule has 0 radical (unpaired) electrons. The van der Waals surface area contributed by atoms with Crippen molar-refractivity contribution in [2.45, 2.75) is 32.1 Å². The molecule has 0 aromatic carbocycles. The Morgan fingerprint density at radius 1 is 1.29 bits per heavy atom. The monoisotopic (exact) mass is 255 g/mol. The number of aryl methyl sites for hydroxylation is 1. The number of carboxylic acids is 1. The molecular weight excluding hydrogens is 238 g/mol. The zero-order valence-corrected chi connectivity index (χ0v) is 10.5. The van der Waals surface area contributed by atoms with Crippen molar-refractivity contribution in [1.82, 2.24) is 5.32 Å². The minimum atomic E-state index is -1.00. The van der Waals surface area contributed by atoms with E-state index in [1.165, 1.54) is 4.88 Å². The number of nitrogens with one attached hydrogen (secondary N) is 1. The van der Waals surface area contributed by atoms with E-state index in [9.17, 15) is 9.59 Å². The van der Waals surface area contributed by atoms with Gasteiger partial charge in [-0.15, -0.1) is 11.3 Å². The van der Waals surface area contributed by atoms with Gasteiger partial charge in [0.05, 0.1) is 0 Å². The van der Waals surface area contributed by atoms with Gasteiger partial charge in [0.1, 0.15) is 6.54 Å². The van der Waals surface area contributed by atoms with E-state index < -0.39 is 5.97 Å². The van der Waals surface area contributed by atoms with Gasteiger partial charge in [0.25, 0.3) is 0 Å². The van der Waals surface area contributed by atoms with Crippen molar-refractivity contribution in [2.75, 3.05) is 6.54 Å². The summed E-state index contributed by atoms with van der Waals surface area (Å²) in [7, 11) is 0. The lowest BCUT2D eigenvalue weighted by molar-refractivity contribution is -0.137. The Kier molecular flexibility index (Phi) is 6.32. The van der Waals surface area contributed by atoms with Crippen LogP contribution in [0.1, 0.15) is 30.6 Å². The Bertz CT molecular complexity index is 349. The fourth-order valence-corrected chi connectivity index (χ4v) is 2.23. The molecular formula is C12H17NO3S. The van der Waals surface area contributed by atoms with Gasteiger partial charge in [0, 0.05) is 11.3 Å². The molecule has 0 aliphatic heterocycles. The largest absolute Gasteiger partial charge is 0.480 e. The third-order valence-corrected chi connectivity index (χ3v) is 3.28. The van der Waals surface area contributed by atoms with E-state index in [1.807, 2.05) is 6.07 Å². The molecule has 0 fully saturated rings. The van der Waals surface area contributed by atoms with Crippen LogP contribution in [-0.2, 0) is 16.0 Å². The van der Waals surface area contributed by atoms with Crippen LogP contribution in [0, 0.1) is 0 Å². The van der Waals surface area contributed by atoms with E-state index in [2.05, 4.69) is 16.8 Å². The third kappa shape index (κ3) is 6.73. The van der Waals surface area contributed by atoms with E-state index in [4.69, 9.17) is 5.11 Å². The molecule has 0 saturated carbocycles. The average molecular weight is 255 g/mol. The van der Waals surface area contributed by atoms with E-state index in [-0.39, 0.29) is 12.5 Å². The summed E-state index contributed by atoms with van der Waals surface area (Å²) in [5.41, 5.74) is 0. The fourth-order valence-electron chi connectivity index (χ4n) is 1.48. The average Bonchev–Trinajstić information content (AvgIpc) is 2.79. The molecule has 1 aromatic heterocycles. The first-order valence-electron chi connectivity index (χ1n) is 5.69. The minimum absolute atomic E-state index is 0.177. The summed E-state index contributed by atoms with van der Waals surface area (Å²) < 4.78 is 0. The highest BCUT2D eigenvalue weighted by Crippen LogP contribution is 2.13. The van der Waals surface area contributed by atoms with Crippen LogP contribution in [-0.4, -0.2) is 23.5 Å². The molecule has 1 aromatic rings. The smallest absolute Gasteiger partial charge is 0.322 e. The number of hydrogen-bond acceptors (Lipinski definition) is 3. The van der Waals surface area contributed by atoms with E-state index >= 15 is 0 Å². The molecule has 5 heteroatoms. The summed E-state index contributed by atoms with van der Waals surface area (Å²) >= 11 is 1.75. The third-order valence-electron chi connectivity index (χ3n) is 2.34. The number of amides is 1. The standard InChI is InChI=1S/C12H17NO3S/c14-11(13-9-12(15)16)7-3-1-2-5-10-6-4-8-17-10/h4,6,8H,1-3,5,7,9H2,(H,13,14)(H,15,16). The van der Waals surface area contributed by atoms with Crippen LogP contribution in [0.5, 0.6) is 0 Å². The first kappa shape index (κ1) is 13.7. The number of rotatable bonds is 8. The number of thiophene rings is 1. The van der Waals surface area contributed by atoms with Crippen molar-refractivity contribution in [3.63, 3.8) is 0 Å². The van der Waals surface area contributed by atoms with Gasteiger partial charge in [0.2, 0.25) is 5.91 Å². The van der Waals surface area contributed by atoms with Crippen LogP contribution >= 0.6 is 11.3 Å². The first-order valence-corrected chi connectivity index (χ1v) is 6.57. The van der Waals surface area contributed by atoms with Crippen molar-refractivity contribution >= 4 is 23.2 Å². The van der Waals surface area contributed by atoms with Crippen molar-refractivity contribution in [1.29, 1.82) is 0 Å². The molecule has 0 saturated heterocycles. The maximum absolute atomic E-state index is 11.2. The summed E-state index contributed by atoms with van der Waals surface area (Å²) in [6, 6.07) is 4.16. The van der Waals surface area contributed by atoms with Gasteiger partial charge in [-0.05, 0) is 30.7 Å². The van der Waals surface area contributed by atoms with Gasteiger partial charge in [-0.1, -0.05) is 12.5 Å². The van der Waals surface area contributed by atoms with Gasteiger partial charge >= 0.3 is 5.97 Å². The maximum Gasteiger partial charge on any atom is 0.322 e. The predicted octanol–water partition coefficient (Wildman–Crippen LogP) is 2.05. The number of carbonyl (C=O) groups is 2. The first-order chi connectivity index (χ1) is 8.18. The van der Waals surface area contributed by atoms with Crippen molar-refractivity contribution in [3.05, 3.63) is 22.4 Å². The number of hydrogen-bond donors (Lipinski definition) is 2. The molecule has 1 rings (SSSR count). The lowest BCUT2D eigenvalue weighted by Crippen LogP contribution is -2.28. The molecule has 4 nitrogen and oxygen atoms in total. The summed E-state index contributed by atoms with van der Waals surface area (Å²) in [4.78, 5) is 22.7. The molecule has 0 atom stereocenters. The van der Waals surface area contributed by atoms with E-state index in [0.29, 0.717) is 6.42 Å². The lowest BCUT2D eigenvalue weighted by atomic mass is 10.1. The number of carbonyl (C=O) groups excluding carboxylic acids is 1. The van der Waals surface area contributed by atoms with Crippen LogP contribution in [0.2, 0.25) is 0 Å². The van der Waals surface area contributed by atoms with Gasteiger partial charge in [-0.25, -0.2) is 0 Å². The molecule has 94 valence electrons. The highest BCUT2D eigenvalue weighted by atomic mass is 32.1. The van der Waals surface area contributed by atoms with Crippen LogP contribution in [0.25, 0.3) is 0 Å². The zero-order chi connectivity index (χ0) is 12.5. The molecule has 1 heterocycles. The highest BCUT2D eigenvalue weighted by Gasteiger charge is 2.03. The normalized spacial score (nSPS) is 10.1. The summed E-state index contributed by atoms with van der Waals surface area (Å²) in [6.07, 6.45) is 4.37. The van der Waals surface area contributed by atoms with Crippen LogP contribution in [0.15, 0.2) is 17.5 Å². The lowest BCUT2D eigenvalue weighted by Gasteiger charge is -2.02. The van der Waals surface area contributed by atoms with Gasteiger partial charge in [-0.2, -0.15) is 0 Å². The quantitative estimate of drug-likeness (QED) is 0.699.